The molecule has 1 fully saturated rings. The number of hydrogen-bond donors (Lipinski definition) is 1. The fourth-order valence-electron chi connectivity index (χ4n) is 2.43. The summed E-state index contributed by atoms with van der Waals surface area (Å²) < 4.78 is 0. The minimum Gasteiger partial charge on any atom is -0.308 e. The van der Waals surface area contributed by atoms with E-state index in [4.69, 9.17) is 0 Å². The first-order valence-electron chi connectivity index (χ1n) is 7.09. The van der Waals surface area contributed by atoms with Crippen molar-refractivity contribution in [1.82, 2.24) is 5.32 Å². The summed E-state index contributed by atoms with van der Waals surface area (Å²) in [4.78, 5) is 12.6. The molecule has 1 heterocycles. The summed E-state index contributed by atoms with van der Waals surface area (Å²) in [5, 5.41) is 3.30. The molecule has 22 heavy (non-hydrogen) atoms. The molecule has 2 aromatic rings. The molecule has 2 aromatic carbocycles. The lowest BCUT2D eigenvalue weighted by molar-refractivity contribution is -0.112. The second-order valence-electron chi connectivity index (χ2n) is 5.09. The van der Waals surface area contributed by atoms with E-state index in [0.717, 1.165) is 22.3 Å². The molecule has 2 nitrogen and oxygen atoms in total. The van der Waals surface area contributed by atoms with Gasteiger partial charge in [-0.25, -0.2) is 0 Å². The molecule has 1 saturated heterocycles. The van der Waals surface area contributed by atoms with Gasteiger partial charge >= 0.3 is 0 Å². The SMILES string of the molecule is Cl.O=C1/C(=C\c2ccccc2)CNC/C1=C\c1ccccc1. The molecule has 1 aliphatic heterocycles. The largest absolute Gasteiger partial charge is 0.308 e. The van der Waals surface area contributed by atoms with Gasteiger partial charge in [0.1, 0.15) is 0 Å². The number of halogens is 1. The Morgan fingerprint density at radius 2 is 1.14 bits per heavy atom. The summed E-state index contributed by atoms with van der Waals surface area (Å²) in [6, 6.07) is 19.9. The van der Waals surface area contributed by atoms with Crippen LogP contribution in [-0.4, -0.2) is 18.9 Å². The number of benzene rings is 2. The Balaban J connectivity index is 0.00000176. The summed E-state index contributed by atoms with van der Waals surface area (Å²) >= 11 is 0. The third-order valence-corrected chi connectivity index (χ3v) is 3.50. The van der Waals surface area contributed by atoms with Gasteiger partial charge in [0.05, 0.1) is 0 Å². The first-order valence-corrected chi connectivity index (χ1v) is 7.09. The lowest BCUT2D eigenvalue weighted by Crippen LogP contribution is -2.32. The third-order valence-electron chi connectivity index (χ3n) is 3.50. The molecule has 1 aliphatic rings. The zero-order valence-corrected chi connectivity index (χ0v) is 13.0. The number of ketones is 1. The predicted octanol–water partition coefficient (Wildman–Crippen LogP) is 3.75. The lowest BCUT2D eigenvalue weighted by Gasteiger charge is -2.18. The van der Waals surface area contributed by atoms with E-state index >= 15 is 0 Å². The Labute approximate surface area is 137 Å². The molecule has 0 aliphatic carbocycles. The van der Waals surface area contributed by atoms with Crippen LogP contribution in [0.25, 0.3) is 12.2 Å². The minimum absolute atomic E-state index is 0. The van der Waals surface area contributed by atoms with Crippen LogP contribution in [0.1, 0.15) is 11.1 Å². The van der Waals surface area contributed by atoms with Gasteiger partial charge in [-0.15, -0.1) is 12.4 Å². The number of rotatable bonds is 2. The number of piperidine rings is 1. The standard InChI is InChI=1S/C19H17NO.ClH/c21-19-17(11-15-7-3-1-4-8-15)13-20-14-18(19)12-16-9-5-2-6-10-16;/h1-12,20H,13-14H2;1H/b17-11-,18-12+;. The van der Waals surface area contributed by atoms with Crippen LogP contribution in [0.15, 0.2) is 71.8 Å². The zero-order valence-electron chi connectivity index (χ0n) is 12.2. The second kappa shape index (κ2) is 7.74. The van der Waals surface area contributed by atoms with Gasteiger partial charge in [-0.2, -0.15) is 0 Å². The van der Waals surface area contributed by atoms with Gasteiger partial charge in [0.15, 0.2) is 5.78 Å². The van der Waals surface area contributed by atoms with Crippen LogP contribution in [-0.2, 0) is 4.79 Å². The molecule has 0 bridgehead atoms. The Morgan fingerprint density at radius 1 is 0.727 bits per heavy atom. The maximum absolute atomic E-state index is 12.6. The van der Waals surface area contributed by atoms with Crippen LogP contribution < -0.4 is 5.32 Å². The smallest absolute Gasteiger partial charge is 0.187 e. The van der Waals surface area contributed by atoms with Crippen LogP contribution in [0, 0.1) is 0 Å². The van der Waals surface area contributed by atoms with E-state index in [-0.39, 0.29) is 18.2 Å². The van der Waals surface area contributed by atoms with Crippen LogP contribution >= 0.6 is 12.4 Å². The van der Waals surface area contributed by atoms with Crippen LogP contribution in [0.2, 0.25) is 0 Å². The van der Waals surface area contributed by atoms with Crippen molar-refractivity contribution in [2.75, 3.05) is 13.1 Å². The molecule has 0 atom stereocenters. The molecule has 1 N–H and O–H groups in total. The molecule has 3 rings (SSSR count). The second-order valence-corrected chi connectivity index (χ2v) is 5.09. The average molecular weight is 312 g/mol. The van der Waals surface area contributed by atoms with Crippen molar-refractivity contribution in [2.24, 2.45) is 0 Å². The molecule has 0 radical (unpaired) electrons. The van der Waals surface area contributed by atoms with E-state index in [1.54, 1.807) is 0 Å². The van der Waals surface area contributed by atoms with Crippen LogP contribution in [0.3, 0.4) is 0 Å². The molecule has 0 amide bonds. The van der Waals surface area contributed by atoms with Crippen molar-refractivity contribution in [3.63, 3.8) is 0 Å². The fourth-order valence-corrected chi connectivity index (χ4v) is 2.43. The monoisotopic (exact) mass is 311 g/mol. The van der Waals surface area contributed by atoms with E-state index < -0.39 is 0 Å². The summed E-state index contributed by atoms with van der Waals surface area (Å²) in [7, 11) is 0. The van der Waals surface area contributed by atoms with Crippen molar-refractivity contribution in [2.45, 2.75) is 0 Å². The Morgan fingerprint density at radius 3 is 1.55 bits per heavy atom. The van der Waals surface area contributed by atoms with Crippen molar-refractivity contribution < 1.29 is 4.79 Å². The average Bonchev–Trinajstić information content (AvgIpc) is 2.53. The third kappa shape index (κ3) is 3.94. The van der Waals surface area contributed by atoms with Crippen LogP contribution in [0.4, 0.5) is 0 Å². The van der Waals surface area contributed by atoms with Crippen molar-refractivity contribution >= 4 is 30.3 Å². The molecule has 0 saturated carbocycles. The Kier molecular flexibility index (Phi) is 5.70. The van der Waals surface area contributed by atoms with E-state index in [9.17, 15) is 4.79 Å². The molecular formula is C19H18ClNO. The normalized spacial score (nSPS) is 18.3. The first-order chi connectivity index (χ1) is 10.3. The maximum Gasteiger partial charge on any atom is 0.187 e. The highest BCUT2D eigenvalue weighted by atomic mass is 35.5. The molecule has 0 aromatic heterocycles. The van der Waals surface area contributed by atoms with E-state index in [2.05, 4.69) is 5.32 Å². The topological polar surface area (TPSA) is 29.1 Å². The lowest BCUT2D eigenvalue weighted by atomic mass is 9.96. The highest BCUT2D eigenvalue weighted by molar-refractivity contribution is 6.14. The summed E-state index contributed by atoms with van der Waals surface area (Å²) in [6.45, 7) is 1.25. The number of carbonyl (C=O) groups is 1. The number of carbonyl (C=O) groups excluding carboxylic acids is 1. The predicted molar refractivity (Wildman–Crippen MR) is 94.0 cm³/mol. The van der Waals surface area contributed by atoms with Crippen molar-refractivity contribution in [3.8, 4) is 0 Å². The quantitative estimate of drug-likeness (QED) is 0.856. The zero-order chi connectivity index (χ0) is 14.5. The van der Waals surface area contributed by atoms with Crippen LogP contribution in [0.5, 0.6) is 0 Å². The van der Waals surface area contributed by atoms with Gasteiger partial charge in [0.2, 0.25) is 0 Å². The summed E-state index contributed by atoms with van der Waals surface area (Å²) in [5.74, 6) is 0.140. The molecule has 3 heteroatoms. The first kappa shape index (κ1) is 16.2. The van der Waals surface area contributed by atoms with Gasteiger partial charge in [-0.1, -0.05) is 60.7 Å². The van der Waals surface area contributed by atoms with Crippen molar-refractivity contribution in [1.29, 1.82) is 0 Å². The summed E-state index contributed by atoms with van der Waals surface area (Å²) in [5.41, 5.74) is 3.75. The van der Waals surface area contributed by atoms with Crippen molar-refractivity contribution in [3.05, 3.63) is 82.9 Å². The number of nitrogens with one attached hydrogen (secondary N) is 1. The van der Waals surface area contributed by atoms with Gasteiger partial charge in [0.25, 0.3) is 0 Å². The van der Waals surface area contributed by atoms with E-state index in [1.165, 1.54) is 0 Å². The number of Topliss-reactive ketones (excluding diaryl/α,β-unsaturated/α-hetero) is 1. The number of hydrogen-bond acceptors (Lipinski definition) is 2. The van der Waals surface area contributed by atoms with Gasteiger partial charge in [0, 0.05) is 24.2 Å². The minimum atomic E-state index is 0. The molecule has 0 unspecified atom stereocenters. The molecular weight excluding hydrogens is 294 g/mol. The highest BCUT2D eigenvalue weighted by Gasteiger charge is 2.19. The Bertz CT molecular complexity index is 630. The summed E-state index contributed by atoms with van der Waals surface area (Å²) in [6.07, 6.45) is 3.93. The van der Waals surface area contributed by atoms with E-state index in [0.29, 0.717) is 13.1 Å². The van der Waals surface area contributed by atoms with Gasteiger partial charge < -0.3 is 5.32 Å². The van der Waals surface area contributed by atoms with Gasteiger partial charge in [-0.05, 0) is 23.3 Å². The Hall–Kier alpha value is -2.16. The van der Waals surface area contributed by atoms with E-state index in [1.807, 2.05) is 72.8 Å². The maximum atomic E-state index is 12.6. The highest BCUT2D eigenvalue weighted by Crippen LogP contribution is 2.17. The molecule has 112 valence electrons. The molecule has 0 spiro atoms. The van der Waals surface area contributed by atoms with Gasteiger partial charge in [-0.3, -0.25) is 4.79 Å². The fraction of sp³-hybridized carbons (Fsp3) is 0.105.